The highest BCUT2D eigenvalue weighted by molar-refractivity contribution is 5.95. The number of hydrogen-bond donors (Lipinski definition) is 2. The zero-order valence-electron chi connectivity index (χ0n) is 19.6. The SMILES string of the molecule is c1cc(-c2ccoc2)c2nc(-c3n[nH]c4ncc(-c5cncc(CN6CCCCC6)c5)cc34)[nH]c2n1. The van der Waals surface area contributed by atoms with Gasteiger partial charge in [0.15, 0.2) is 17.1 Å². The van der Waals surface area contributed by atoms with Crippen molar-refractivity contribution in [1.82, 2.24) is 40.0 Å². The molecule has 0 atom stereocenters. The van der Waals surface area contributed by atoms with Gasteiger partial charge in [-0.1, -0.05) is 6.42 Å². The van der Waals surface area contributed by atoms with Crippen molar-refractivity contribution in [3.63, 3.8) is 0 Å². The number of furan rings is 1. The Morgan fingerprint density at radius 2 is 1.83 bits per heavy atom. The lowest BCUT2D eigenvalue weighted by molar-refractivity contribution is 0.220. The van der Waals surface area contributed by atoms with Crippen LogP contribution in [0.15, 0.2) is 66.0 Å². The first kappa shape index (κ1) is 21.0. The lowest BCUT2D eigenvalue weighted by Gasteiger charge is -2.26. The minimum Gasteiger partial charge on any atom is -0.472 e. The third-order valence-corrected chi connectivity index (χ3v) is 6.84. The summed E-state index contributed by atoms with van der Waals surface area (Å²) in [5, 5.41) is 8.46. The predicted molar refractivity (Wildman–Crippen MR) is 137 cm³/mol. The van der Waals surface area contributed by atoms with Gasteiger partial charge in [0.1, 0.15) is 11.2 Å². The molecule has 9 heteroatoms. The van der Waals surface area contributed by atoms with Gasteiger partial charge in [-0.15, -0.1) is 0 Å². The molecule has 6 aromatic rings. The van der Waals surface area contributed by atoms with Crippen LogP contribution in [0, 0.1) is 0 Å². The van der Waals surface area contributed by atoms with Crippen LogP contribution in [0.1, 0.15) is 24.8 Å². The van der Waals surface area contributed by atoms with Crippen LogP contribution in [0.4, 0.5) is 0 Å². The maximum atomic E-state index is 5.27. The summed E-state index contributed by atoms with van der Waals surface area (Å²) in [7, 11) is 0. The molecule has 0 unspecified atom stereocenters. The van der Waals surface area contributed by atoms with Gasteiger partial charge in [-0.25, -0.2) is 15.0 Å². The molecular weight excluding hydrogens is 452 g/mol. The van der Waals surface area contributed by atoms with Crippen LogP contribution in [0.5, 0.6) is 0 Å². The van der Waals surface area contributed by atoms with Crippen LogP contribution in [-0.4, -0.2) is 53.1 Å². The number of pyridine rings is 3. The number of rotatable bonds is 5. The third-order valence-electron chi connectivity index (χ3n) is 6.84. The Morgan fingerprint density at radius 1 is 0.917 bits per heavy atom. The number of nitrogens with zero attached hydrogens (tertiary/aromatic N) is 6. The van der Waals surface area contributed by atoms with E-state index < -0.39 is 0 Å². The molecule has 6 aromatic heterocycles. The molecule has 0 saturated carbocycles. The second kappa shape index (κ2) is 8.69. The van der Waals surface area contributed by atoms with Crippen molar-refractivity contribution in [2.24, 2.45) is 0 Å². The smallest absolute Gasteiger partial charge is 0.161 e. The molecule has 1 saturated heterocycles. The van der Waals surface area contributed by atoms with Crippen molar-refractivity contribution in [2.45, 2.75) is 25.8 Å². The number of hydrogen-bond acceptors (Lipinski definition) is 7. The second-order valence-electron chi connectivity index (χ2n) is 9.26. The molecule has 0 bridgehead atoms. The molecule has 9 nitrogen and oxygen atoms in total. The van der Waals surface area contributed by atoms with E-state index in [2.05, 4.69) is 47.2 Å². The molecule has 7 heterocycles. The van der Waals surface area contributed by atoms with E-state index in [0.29, 0.717) is 22.8 Å². The van der Waals surface area contributed by atoms with Gasteiger partial charge in [0.2, 0.25) is 0 Å². The number of fused-ring (bicyclic) bond motifs is 2. The summed E-state index contributed by atoms with van der Waals surface area (Å²) in [6.07, 6.45) is 14.7. The van der Waals surface area contributed by atoms with Crippen LogP contribution in [-0.2, 0) is 6.54 Å². The Balaban J connectivity index is 1.26. The number of H-pyrrole nitrogens is 2. The van der Waals surface area contributed by atoms with Gasteiger partial charge in [-0.2, -0.15) is 5.10 Å². The second-order valence-corrected chi connectivity index (χ2v) is 9.26. The summed E-state index contributed by atoms with van der Waals surface area (Å²) in [6, 6.07) is 8.16. The van der Waals surface area contributed by atoms with Crippen molar-refractivity contribution in [2.75, 3.05) is 13.1 Å². The van der Waals surface area contributed by atoms with Crippen LogP contribution in [0.2, 0.25) is 0 Å². The average Bonchev–Trinajstić information content (AvgIpc) is 3.68. The third kappa shape index (κ3) is 3.74. The molecule has 1 aliphatic rings. The molecule has 7 rings (SSSR count). The van der Waals surface area contributed by atoms with E-state index in [4.69, 9.17) is 9.40 Å². The van der Waals surface area contributed by atoms with Crippen molar-refractivity contribution < 1.29 is 4.42 Å². The first-order valence-electron chi connectivity index (χ1n) is 12.2. The van der Waals surface area contributed by atoms with Crippen molar-refractivity contribution in [3.8, 4) is 33.8 Å². The number of imidazole rings is 1. The minimum absolute atomic E-state index is 0.635. The van der Waals surface area contributed by atoms with Crippen LogP contribution < -0.4 is 0 Å². The molecule has 1 fully saturated rings. The van der Waals surface area contributed by atoms with Crippen LogP contribution in [0.25, 0.3) is 56.0 Å². The largest absolute Gasteiger partial charge is 0.472 e. The van der Waals surface area contributed by atoms with Gasteiger partial charge in [0, 0.05) is 53.6 Å². The van der Waals surface area contributed by atoms with E-state index in [1.165, 1.54) is 24.8 Å². The predicted octanol–water partition coefficient (Wildman–Crippen LogP) is 5.20. The quantitative estimate of drug-likeness (QED) is 0.351. The average molecular weight is 477 g/mol. The molecule has 36 heavy (non-hydrogen) atoms. The maximum Gasteiger partial charge on any atom is 0.161 e. The Bertz CT molecular complexity index is 1660. The highest BCUT2D eigenvalue weighted by atomic mass is 16.3. The van der Waals surface area contributed by atoms with E-state index >= 15 is 0 Å². The number of aromatic amines is 2. The van der Waals surface area contributed by atoms with Gasteiger partial charge in [-0.3, -0.25) is 15.0 Å². The first-order valence-corrected chi connectivity index (χ1v) is 12.2. The molecule has 0 radical (unpaired) electrons. The number of likely N-dealkylation sites (tertiary alicyclic amines) is 1. The number of aromatic nitrogens is 7. The zero-order chi connectivity index (χ0) is 23.9. The maximum absolute atomic E-state index is 5.27. The first-order chi connectivity index (χ1) is 17.8. The summed E-state index contributed by atoms with van der Waals surface area (Å²) in [5.41, 5.74) is 8.02. The fraction of sp³-hybridized carbons (Fsp3) is 0.222. The van der Waals surface area contributed by atoms with Gasteiger partial charge in [-0.05, 0) is 55.8 Å². The summed E-state index contributed by atoms with van der Waals surface area (Å²) < 4.78 is 5.27. The number of nitrogens with one attached hydrogen (secondary N) is 2. The molecule has 0 aromatic carbocycles. The summed E-state index contributed by atoms with van der Waals surface area (Å²) >= 11 is 0. The van der Waals surface area contributed by atoms with E-state index in [-0.39, 0.29) is 0 Å². The number of piperidine rings is 1. The van der Waals surface area contributed by atoms with Crippen molar-refractivity contribution >= 4 is 22.2 Å². The highest BCUT2D eigenvalue weighted by Gasteiger charge is 2.18. The van der Waals surface area contributed by atoms with E-state index in [9.17, 15) is 0 Å². The van der Waals surface area contributed by atoms with Gasteiger partial charge < -0.3 is 9.40 Å². The summed E-state index contributed by atoms with van der Waals surface area (Å²) in [6.45, 7) is 3.24. The normalized spacial score (nSPS) is 14.7. The van der Waals surface area contributed by atoms with Crippen LogP contribution >= 0.6 is 0 Å². The summed E-state index contributed by atoms with van der Waals surface area (Å²) in [5.74, 6) is 0.635. The van der Waals surface area contributed by atoms with Crippen molar-refractivity contribution in [3.05, 3.63) is 67.1 Å². The van der Waals surface area contributed by atoms with Crippen LogP contribution in [0.3, 0.4) is 0 Å². The fourth-order valence-corrected chi connectivity index (χ4v) is 5.02. The fourth-order valence-electron chi connectivity index (χ4n) is 5.02. The molecule has 178 valence electrons. The van der Waals surface area contributed by atoms with E-state index in [0.717, 1.165) is 52.8 Å². The monoisotopic (exact) mass is 476 g/mol. The lowest BCUT2D eigenvalue weighted by atomic mass is 10.1. The summed E-state index contributed by atoms with van der Waals surface area (Å²) in [4.78, 5) is 24.3. The molecule has 0 spiro atoms. The topological polar surface area (TPSA) is 112 Å². The Hall–Kier alpha value is -4.37. The van der Waals surface area contributed by atoms with E-state index in [1.807, 2.05) is 30.7 Å². The van der Waals surface area contributed by atoms with E-state index in [1.54, 1.807) is 18.7 Å². The molecule has 1 aliphatic heterocycles. The van der Waals surface area contributed by atoms with Crippen molar-refractivity contribution in [1.29, 1.82) is 0 Å². The molecule has 0 amide bonds. The standard InChI is InChI=1S/C27H24N8O/c1-2-7-35(8-3-1)15-17-10-19(13-28-12-17)20-11-22-24(33-34-25(22)30-14-20)27-31-23-21(18-5-9-36-16-18)4-6-29-26(23)32-27/h4-6,9-14,16H,1-3,7-8,15H2,(H,29,31,32)(H,30,33,34). The molecule has 2 N–H and O–H groups in total. The Morgan fingerprint density at radius 3 is 2.72 bits per heavy atom. The Labute approximate surface area is 206 Å². The minimum atomic E-state index is 0.635. The molecule has 0 aliphatic carbocycles. The highest BCUT2D eigenvalue weighted by Crippen LogP contribution is 2.32. The molecular formula is C27H24N8O. The van der Waals surface area contributed by atoms with Gasteiger partial charge in [0.25, 0.3) is 0 Å². The zero-order valence-corrected chi connectivity index (χ0v) is 19.6. The lowest BCUT2D eigenvalue weighted by Crippen LogP contribution is -2.29. The van der Waals surface area contributed by atoms with Gasteiger partial charge >= 0.3 is 0 Å². The van der Waals surface area contributed by atoms with Gasteiger partial charge in [0.05, 0.1) is 17.9 Å². The Kier molecular flexibility index (Phi) is 5.06.